The quantitative estimate of drug-likeness (QED) is 0.296. The average Bonchev–Trinajstić information content (AvgIpc) is 1.65. The maximum Gasteiger partial charge on any atom is 0.306 e. The normalized spacial score (nSPS) is 7.71. The summed E-state index contributed by atoms with van der Waals surface area (Å²) >= 11 is 6.78. The van der Waals surface area contributed by atoms with Crippen molar-refractivity contribution < 1.29 is 9.59 Å². The summed E-state index contributed by atoms with van der Waals surface area (Å²) in [5.41, 5.74) is 0. The first-order valence-electron chi connectivity index (χ1n) is 1.35. The van der Waals surface area contributed by atoms with Gasteiger partial charge in [-0.05, 0) is 0 Å². The van der Waals surface area contributed by atoms with Gasteiger partial charge in [-0.25, -0.2) is 3.71 Å². The minimum Gasteiger partial charge on any atom is -0.292 e. The third-order valence-corrected chi connectivity index (χ3v) is 0.692. The Kier molecular flexibility index (Phi) is 2.86. The van der Waals surface area contributed by atoms with E-state index in [2.05, 4.69) is 25.6 Å². The summed E-state index contributed by atoms with van der Waals surface area (Å²) in [5, 5.41) is 0. The van der Waals surface area contributed by atoms with E-state index in [0.717, 1.165) is 0 Å². The molecule has 0 aromatic heterocycles. The van der Waals surface area contributed by atoms with E-state index in [1.54, 1.807) is 0 Å². The van der Waals surface area contributed by atoms with Crippen molar-refractivity contribution in [3.05, 3.63) is 0 Å². The number of carbonyl (C=O) groups excluding carboxylic acids is 2. The molecule has 0 radical (unpaired) electrons. The predicted molar refractivity (Wildman–Crippen MR) is 30.9 cm³/mol. The summed E-state index contributed by atoms with van der Waals surface area (Å²) in [6, 6.07) is 0. The van der Waals surface area contributed by atoms with Gasteiger partial charge in [0.25, 0.3) is 0 Å². The molecule has 0 atom stereocenters. The van der Waals surface area contributed by atoms with Crippen LogP contribution in [0.1, 0.15) is 0 Å². The van der Waals surface area contributed by atoms with Gasteiger partial charge in [0.1, 0.15) is 0 Å². The molecule has 0 fully saturated rings. The van der Waals surface area contributed by atoms with Crippen molar-refractivity contribution in [3.63, 3.8) is 0 Å². The van der Waals surface area contributed by atoms with Crippen LogP contribution in [0, 0.1) is 0 Å². The van der Waals surface area contributed by atoms with Crippen LogP contribution in [0.2, 0.25) is 0 Å². The number of amides is 1. The fourth-order valence-electron chi connectivity index (χ4n) is 0.0471. The van der Waals surface area contributed by atoms with Gasteiger partial charge in [-0.2, -0.15) is 0 Å². The monoisotopic (exact) mass is 137 g/mol. The summed E-state index contributed by atoms with van der Waals surface area (Å²) < 4.78 is 0.604. The van der Waals surface area contributed by atoms with Crippen molar-refractivity contribution in [1.82, 2.24) is 3.71 Å². The third-order valence-electron chi connectivity index (χ3n) is 0.298. The third kappa shape index (κ3) is 2.52. The lowest BCUT2D eigenvalue weighted by atomic mass is 10.7. The number of hydrogen-bond acceptors (Lipinski definition) is 4. The Hall–Kier alpha value is -0.160. The van der Waals surface area contributed by atoms with Crippen molar-refractivity contribution in [2.45, 2.75) is 0 Å². The molecule has 0 aliphatic carbocycles. The average molecular weight is 137 g/mol. The topological polar surface area (TPSA) is 37.4 Å². The van der Waals surface area contributed by atoms with E-state index in [1.807, 2.05) is 0 Å². The number of aldehydes is 1. The fourth-order valence-corrected chi connectivity index (χ4v) is 0.141. The highest BCUT2D eigenvalue weighted by atomic mass is 32.2. The van der Waals surface area contributed by atoms with Crippen molar-refractivity contribution in [1.29, 1.82) is 0 Å². The van der Waals surface area contributed by atoms with E-state index in [9.17, 15) is 9.59 Å². The molecule has 40 valence electrons. The number of carbonyl (C=O) groups is 2. The zero-order valence-corrected chi connectivity index (χ0v) is 5.02. The lowest BCUT2D eigenvalue weighted by Gasteiger charge is -1.96. The second-order valence-corrected chi connectivity index (χ2v) is 1.86. The lowest BCUT2D eigenvalue weighted by Crippen LogP contribution is -2.11. The number of thiol groups is 2. The molecule has 1 amide bonds. The van der Waals surface area contributed by atoms with Gasteiger partial charge in [0.2, 0.25) is 6.29 Å². The molecule has 0 aliphatic heterocycles. The molecular formula is C2H3NO2S2. The van der Waals surface area contributed by atoms with Gasteiger partial charge in [0, 0.05) is 0 Å². The summed E-state index contributed by atoms with van der Waals surface area (Å²) in [7, 11) is 0. The van der Waals surface area contributed by atoms with E-state index < -0.39 is 5.91 Å². The molecule has 0 aromatic carbocycles. The first-order chi connectivity index (χ1) is 3.18. The van der Waals surface area contributed by atoms with Crippen LogP contribution in [0.15, 0.2) is 0 Å². The summed E-state index contributed by atoms with van der Waals surface area (Å²) in [6.45, 7) is 0. The maximum atomic E-state index is 9.92. The van der Waals surface area contributed by atoms with Gasteiger partial charge < -0.3 is 0 Å². The molecule has 0 saturated heterocycles. The second-order valence-electron chi connectivity index (χ2n) is 0.746. The van der Waals surface area contributed by atoms with E-state index in [1.165, 1.54) is 0 Å². The van der Waals surface area contributed by atoms with Crippen molar-refractivity contribution >= 4 is 37.8 Å². The van der Waals surface area contributed by atoms with Crippen LogP contribution in [0.25, 0.3) is 0 Å². The van der Waals surface area contributed by atoms with Crippen molar-refractivity contribution in [2.24, 2.45) is 0 Å². The van der Waals surface area contributed by atoms with Gasteiger partial charge in [-0.3, -0.25) is 9.59 Å². The standard InChI is InChI=1S/C2H3NO2S2/c4-1-2(5)3(6)7/h1,6-7H. The molecular weight excluding hydrogens is 134 g/mol. The molecule has 5 heteroatoms. The van der Waals surface area contributed by atoms with Crippen LogP contribution in [0.3, 0.4) is 0 Å². The van der Waals surface area contributed by atoms with Crippen LogP contribution >= 0.6 is 25.6 Å². The predicted octanol–water partition coefficient (Wildman–Crippen LogP) is -0.297. The minimum absolute atomic E-state index is 0.125. The number of hydrogen-bond donors (Lipinski definition) is 2. The Morgan fingerprint density at radius 3 is 2.00 bits per heavy atom. The van der Waals surface area contributed by atoms with Crippen molar-refractivity contribution in [2.75, 3.05) is 0 Å². The minimum atomic E-state index is -0.772. The highest BCUT2D eigenvalue weighted by Crippen LogP contribution is 1.93. The molecule has 0 aromatic rings. The van der Waals surface area contributed by atoms with E-state index >= 15 is 0 Å². The van der Waals surface area contributed by atoms with Gasteiger partial charge in [-0.15, -0.1) is 0 Å². The largest absolute Gasteiger partial charge is 0.306 e. The Labute approximate surface area is 51.8 Å². The zero-order chi connectivity index (χ0) is 5.86. The molecule has 0 aliphatic rings. The second kappa shape index (κ2) is 2.92. The fraction of sp³-hybridized carbons (Fsp3) is 0. The lowest BCUT2D eigenvalue weighted by molar-refractivity contribution is -0.132. The summed E-state index contributed by atoms with van der Waals surface area (Å²) in [4.78, 5) is 19.4. The molecule has 0 saturated carbocycles. The van der Waals surface area contributed by atoms with Crippen LogP contribution in [-0.4, -0.2) is 15.9 Å². The highest BCUT2D eigenvalue weighted by Gasteiger charge is 1.99. The molecule has 0 bridgehead atoms. The van der Waals surface area contributed by atoms with E-state index in [4.69, 9.17) is 0 Å². The van der Waals surface area contributed by atoms with Crippen molar-refractivity contribution in [3.8, 4) is 0 Å². The van der Waals surface area contributed by atoms with Gasteiger partial charge in [-0.1, -0.05) is 25.6 Å². The van der Waals surface area contributed by atoms with Crippen LogP contribution in [-0.2, 0) is 9.59 Å². The van der Waals surface area contributed by atoms with Crippen LogP contribution in [0.5, 0.6) is 0 Å². The maximum absolute atomic E-state index is 9.92. The summed E-state index contributed by atoms with van der Waals surface area (Å²) in [6.07, 6.45) is 0.125. The zero-order valence-electron chi connectivity index (χ0n) is 3.24. The molecule has 7 heavy (non-hydrogen) atoms. The molecule has 3 nitrogen and oxygen atoms in total. The molecule has 0 rings (SSSR count). The van der Waals surface area contributed by atoms with Gasteiger partial charge in [0.05, 0.1) is 0 Å². The Morgan fingerprint density at radius 1 is 1.57 bits per heavy atom. The van der Waals surface area contributed by atoms with Crippen LogP contribution < -0.4 is 0 Å². The molecule has 0 heterocycles. The highest BCUT2D eigenvalue weighted by molar-refractivity contribution is 7.94. The number of nitrogens with zero attached hydrogens (tertiary/aromatic N) is 1. The first-order valence-corrected chi connectivity index (χ1v) is 2.15. The molecule has 0 unspecified atom stereocenters. The SMILES string of the molecule is O=CC(=O)N(S)S. The Balaban J connectivity index is 3.56. The molecule has 0 N–H and O–H groups in total. The van der Waals surface area contributed by atoms with Crippen LogP contribution in [0.4, 0.5) is 0 Å². The first kappa shape index (κ1) is 6.84. The van der Waals surface area contributed by atoms with E-state index in [-0.39, 0.29) is 6.29 Å². The molecule has 0 spiro atoms. The summed E-state index contributed by atoms with van der Waals surface area (Å²) in [5.74, 6) is -0.772. The Morgan fingerprint density at radius 2 is 2.00 bits per heavy atom. The van der Waals surface area contributed by atoms with Gasteiger partial charge >= 0.3 is 5.91 Å². The smallest absolute Gasteiger partial charge is 0.292 e. The Bertz CT molecular complexity index is 91.7. The number of rotatable bonds is 1. The van der Waals surface area contributed by atoms with Gasteiger partial charge in [0.15, 0.2) is 0 Å². The van der Waals surface area contributed by atoms with E-state index in [0.29, 0.717) is 3.71 Å².